The van der Waals surface area contributed by atoms with E-state index in [2.05, 4.69) is 10.6 Å². The lowest BCUT2D eigenvalue weighted by atomic mass is 10.0. The van der Waals surface area contributed by atoms with E-state index in [1.807, 2.05) is 13.0 Å². The molecule has 2 amide bonds. The summed E-state index contributed by atoms with van der Waals surface area (Å²) in [4.78, 5) is 25.0. The molecule has 0 aromatic heterocycles. The third-order valence-corrected chi connectivity index (χ3v) is 4.48. The van der Waals surface area contributed by atoms with Crippen LogP contribution in [0.1, 0.15) is 12.5 Å². The van der Waals surface area contributed by atoms with Crippen LogP contribution in [0.25, 0.3) is 0 Å². The molecular weight excluding hydrogens is 351 g/mol. The van der Waals surface area contributed by atoms with Crippen LogP contribution in [0, 0.1) is 6.92 Å². The molecule has 0 radical (unpaired) electrons. The molecule has 124 valence electrons. The van der Waals surface area contributed by atoms with Crippen LogP contribution in [0.15, 0.2) is 36.4 Å². The van der Waals surface area contributed by atoms with Crippen molar-refractivity contribution < 1.29 is 14.3 Å². The fourth-order valence-corrected chi connectivity index (χ4v) is 2.61. The van der Waals surface area contributed by atoms with E-state index in [1.165, 1.54) is 13.0 Å². The molecule has 1 unspecified atom stereocenters. The van der Waals surface area contributed by atoms with E-state index in [0.29, 0.717) is 27.2 Å². The maximum absolute atomic E-state index is 12.6. The summed E-state index contributed by atoms with van der Waals surface area (Å²) in [5.41, 5.74) is 0.233. The third-order valence-electron chi connectivity index (χ3n) is 3.74. The molecule has 2 N–H and O–H groups in total. The van der Waals surface area contributed by atoms with Crippen molar-refractivity contribution in [1.29, 1.82) is 0 Å². The summed E-state index contributed by atoms with van der Waals surface area (Å²) in [6.45, 7) is 3.31. The molecule has 1 aliphatic rings. The van der Waals surface area contributed by atoms with E-state index in [9.17, 15) is 9.59 Å². The summed E-state index contributed by atoms with van der Waals surface area (Å²) in [5.74, 6) is -0.713. The standard InChI is InChI=1S/C17H14Cl2N2O3/c1-9-3-6-14-13(7-9)21-16(23)17(2,24-14)15(22)20-10-4-5-11(18)12(19)8-10/h3-8H,1-2H3,(H,20,22)(H,21,23). The van der Waals surface area contributed by atoms with E-state index in [0.717, 1.165) is 5.56 Å². The lowest BCUT2D eigenvalue weighted by molar-refractivity contribution is -0.143. The van der Waals surface area contributed by atoms with Gasteiger partial charge >= 0.3 is 0 Å². The Hall–Kier alpha value is -2.24. The van der Waals surface area contributed by atoms with Crippen LogP contribution in [0.2, 0.25) is 10.0 Å². The number of fused-ring (bicyclic) bond motifs is 1. The van der Waals surface area contributed by atoms with Gasteiger partial charge in [-0.3, -0.25) is 9.59 Å². The number of ether oxygens (including phenoxy) is 1. The predicted octanol–water partition coefficient (Wildman–Crippen LogP) is 4.03. The topological polar surface area (TPSA) is 67.4 Å². The third kappa shape index (κ3) is 2.92. The monoisotopic (exact) mass is 364 g/mol. The molecule has 24 heavy (non-hydrogen) atoms. The van der Waals surface area contributed by atoms with E-state index in [-0.39, 0.29) is 0 Å². The van der Waals surface area contributed by atoms with Crippen molar-refractivity contribution in [2.45, 2.75) is 19.4 Å². The number of amides is 2. The van der Waals surface area contributed by atoms with Gasteiger partial charge in [0, 0.05) is 5.69 Å². The second kappa shape index (κ2) is 6.00. The van der Waals surface area contributed by atoms with Gasteiger partial charge in [0.25, 0.3) is 17.4 Å². The van der Waals surface area contributed by atoms with Gasteiger partial charge in [0.1, 0.15) is 5.75 Å². The van der Waals surface area contributed by atoms with Gasteiger partial charge in [0.2, 0.25) is 0 Å². The highest BCUT2D eigenvalue weighted by Gasteiger charge is 2.47. The Balaban J connectivity index is 1.87. The molecule has 0 bridgehead atoms. The van der Waals surface area contributed by atoms with Crippen LogP contribution in [0.4, 0.5) is 11.4 Å². The molecule has 0 saturated carbocycles. The zero-order chi connectivity index (χ0) is 17.5. The first-order valence-electron chi connectivity index (χ1n) is 7.17. The molecule has 2 aromatic rings. The van der Waals surface area contributed by atoms with Gasteiger partial charge in [-0.05, 0) is 49.7 Å². The van der Waals surface area contributed by atoms with E-state index < -0.39 is 17.4 Å². The minimum absolute atomic E-state index is 0.300. The highest BCUT2D eigenvalue weighted by molar-refractivity contribution is 6.42. The summed E-state index contributed by atoms with van der Waals surface area (Å²) in [6, 6.07) is 9.99. The Morgan fingerprint density at radius 1 is 1.17 bits per heavy atom. The first-order chi connectivity index (χ1) is 11.3. The molecule has 7 heteroatoms. The molecule has 1 heterocycles. The quantitative estimate of drug-likeness (QED) is 0.790. The number of hydrogen-bond acceptors (Lipinski definition) is 3. The summed E-state index contributed by atoms with van der Waals surface area (Å²) < 4.78 is 5.69. The van der Waals surface area contributed by atoms with Gasteiger partial charge in [-0.2, -0.15) is 0 Å². The lowest BCUT2D eigenvalue weighted by Crippen LogP contribution is -2.56. The molecule has 0 aliphatic carbocycles. The molecule has 5 nitrogen and oxygen atoms in total. The minimum atomic E-state index is -1.70. The molecule has 0 spiro atoms. The SMILES string of the molecule is Cc1ccc2c(c1)NC(=O)C(C)(C(=O)Nc1ccc(Cl)c(Cl)c1)O2. The molecule has 0 saturated heterocycles. The summed E-state index contributed by atoms with van der Waals surface area (Å²) in [7, 11) is 0. The van der Waals surface area contributed by atoms with Gasteiger partial charge in [-0.25, -0.2) is 0 Å². The molecule has 1 atom stereocenters. The fraction of sp³-hybridized carbons (Fsp3) is 0.176. The molecule has 0 fully saturated rings. The predicted molar refractivity (Wildman–Crippen MR) is 93.9 cm³/mol. The molecular formula is C17H14Cl2N2O3. The largest absolute Gasteiger partial charge is 0.466 e. The Kier molecular flexibility index (Phi) is 4.15. The molecule has 3 rings (SSSR count). The van der Waals surface area contributed by atoms with Gasteiger partial charge in [-0.15, -0.1) is 0 Å². The normalized spacial score (nSPS) is 19.1. The van der Waals surface area contributed by atoms with Gasteiger partial charge in [0.15, 0.2) is 0 Å². The van der Waals surface area contributed by atoms with Gasteiger partial charge < -0.3 is 15.4 Å². The zero-order valence-electron chi connectivity index (χ0n) is 12.9. The van der Waals surface area contributed by atoms with Crippen molar-refractivity contribution in [2.75, 3.05) is 10.6 Å². The van der Waals surface area contributed by atoms with Crippen molar-refractivity contribution in [3.63, 3.8) is 0 Å². The second-order valence-electron chi connectivity index (χ2n) is 5.67. The Labute approximate surface area is 148 Å². The first kappa shape index (κ1) is 16.6. The summed E-state index contributed by atoms with van der Waals surface area (Å²) in [5, 5.41) is 6.00. The number of nitrogens with one attached hydrogen (secondary N) is 2. The summed E-state index contributed by atoms with van der Waals surface area (Å²) in [6.07, 6.45) is 0. The highest BCUT2D eigenvalue weighted by atomic mass is 35.5. The van der Waals surface area contributed by atoms with Crippen molar-refractivity contribution in [3.8, 4) is 5.75 Å². The van der Waals surface area contributed by atoms with Crippen LogP contribution >= 0.6 is 23.2 Å². The van der Waals surface area contributed by atoms with Gasteiger partial charge in [-0.1, -0.05) is 29.3 Å². The molecule has 1 aliphatic heterocycles. The highest BCUT2D eigenvalue weighted by Crippen LogP contribution is 2.35. The number of hydrogen-bond donors (Lipinski definition) is 2. The number of rotatable bonds is 2. The maximum Gasteiger partial charge on any atom is 0.278 e. The van der Waals surface area contributed by atoms with E-state index in [1.54, 1.807) is 24.3 Å². The van der Waals surface area contributed by atoms with E-state index in [4.69, 9.17) is 27.9 Å². The van der Waals surface area contributed by atoms with Crippen molar-refractivity contribution in [2.24, 2.45) is 0 Å². The number of benzene rings is 2. The average Bonchev–Trinajstić information content (AvgIpc) is 2.52. The first-order valence-corrected chi connectivity index (χ1v) is 7.93. The number of halogens is 2. The van der Waals surface area contributed by atoms with Gasteiger partial charge in [0.05, 0.1) is 15.7 Å². The van der Waals surface area contributed by atoms with E-state index >= 15 is 0 Å². The number of carbonyl (C=O) groups excluding carboxylic acids is 2. The Morgan fingerprint density at radius 2 is 1.92 bits per heavy atom. The van der Waals surface area contributed by atoms with Crippen LogP contribution in [-0.2, 0) is 9.59 Å². The average molecular weight is 365 g/mol. The summed E-state index contributed by atoms with van der Waals surface area (Å²) >= 11 is 11.8. The van der Waals surface area contributed by atoms with Crippen molar-refractivity contribution >= 4 is 46.4 Å². The number of aryl methyl sites for hydroxylation is 1. The lowest BCUT2D eigenvalue weighted by Gasteiger charge is -2.33. The maximum atomic E-state index is 12.6. The van der Waals surface area contributed by atoms with Crippen LogP contribution < -0.4 is 15.4 Å². The Morgan fingerprint density at radius 3 is 2.62 bits per heavy atom. The number of anilines is 2. The van der Waals surface area contributed by atoms with Crippen molar-refractivity contribution in [3.05, 3.63) is 52.0 Å². The molecule has 2 aromatic carbocycles. The smallest absolute Gasteiger partial charge is 0.278 e. The van der Waals surface area contributed by atoms with Crippen LogP contribution in [0.5, 0.6) is 5.75 Å². The van der Waals surface area contributed by atoms with Crippen LogP contribution in [0.3, 0.4) is 0 Å². The Bertz CT molecular complexity index is 854. The number of carbonyl (C=O) groups is 2. The van der Waals surface area contributed by atoms with Crippen LogP contribution in [-0.4, -0.2) is 17.4 Å². The van der Waals surface area contributed by atoms with Crippen molar-refractivity contribution in [1.82, 2.24) is 0 Å². The second-order valence-corrected chi connectivity index (χ2v) is 6.49. The fourth-order valence-electron chi connectivity index (χ4n) is 2.31. The minimum Gasteiger partial charge on any atom is -0.466 e. The zero-order valence-corrected chi connectivity index (χ0v) is 14.5.